The van der Waals surface area contributed by atoms with Crippen LogP contribution in [0, 0.1) is 32.1 Å². The molecule has 1 aromatic carbocycles. The topological polar surface area (TPSA) is 57.8 Å². The Hall–Kier alpha value is -2.51. The highest BCUT2D eigenvalue weighted by atomic mass is 35.5. The van der Waals surface area contributed by atoms with E-state index in [9.17, 15) is 10.1 Å². The lowest BCUT2D eigenvalue weighted by Crippen LogP contribution is -2.13. The van der Waals surface area contributed by atoms with E-state index < -0.39 is 5.91 Å². The molecule has 1 N–H and O–H groups in total. The summed E-state index contributed by atoms with van der Waals surface area (Å²) in [6.07, 6.45) is 2.66. The van der Waals surface area contributed by atoms with Gasteiger partial charge in [0, 0.05) is 17.9 Å². The molecule has 1 aromatic heterocycles. The third-order valence-electron chi connectivity index (χ3n) is 4.10. The van der Waals surface area contributed by atoms with E-state index in [1.54, 1.807) is 18.2 Å². The number of amides is 1. The lowest BCUT2D eigenvalue weighted by molar-refractivity contribution is -0.112. The Morgan fingerprint density at radius 3 is 2.64 bits per heavy atom. The standard InChI is InChI=1S/C20H22ClN3O/c1-5-8-24-14(3)10-16(15(24)4)11-17(12-22)20(25)23-19-7-6-13(2)9-18(19)21/h6-7,9-11H,5,8H2,1-4H3,(H,23,25)/b17-11+. The van der Waals surface area contributed by atoms with Gasteiger partial charge in [0.1, 0.15) is 11.6 Å². The van der Waals surface area contributed by atoms with Gasteiger partial charge >= 0.3 is 0 Å². The third-order valence-corrected chi connectivity index (χ3v) is 4.41. The molecule has 0 fully saturated rings. The molecule has 5 heteroatoms. The molecule has 2 aromatic rings. The number of carbonyl (C=O) groups is 1. The summed E-state index contributed by atoms with van der Waals surface area (Å²) in [5, 5.41) is 12.6. The molecule has 0 aliphatic rings. The van der Waals surface area contributed by atoms with E-state index in [0.717, 1.165) is 35.5 Å². The van der Waals surface area contributed by atoms with E-state index in [4.69, 9.17) is 11.6 Å². The summed E-state index contributed by atoms with van der Waals surface area (Å²) in [4.78, 5) is 12.4. The van der Waals surface area contributed by atoms with Crippen LogP contribution < -0.4 is 5.32 Å². The van der Waals surface area contributed by atoms with E-state index in [0.29, 0.717) is 10.7 Å². The van der Waals surface area contributed by atoms with Gasteiger partial charge < -0.3 is 9.88 Å². The van der Waals surface area contributed by atoms with Crippen LogP contribution in [0.15, 0.2) is 29.8 Å². The molecule has 1 heterocycles. The lowest BCUT2D eigenvalue weighted by Gasteiger charge is -2.08. The number of hydrogen-bond acceptors (Lipinski definition) is 2. The van der Waals surface area contributed by atoms with Crippen molar-refractivity contribution in [3.8, 4) is 6.07 Å². The highest BCUT2D eigenvalue weighted by Gasteiger charge is 2.14. The van der Waals surface area contributed by atoms with Gasteiger partial charge in [-0.1, -0.05) is 24.6 Å². The first-order valence-electron chi connectivity index (χ1n) is 8.23. The molecule has 0 unspecified atom stereocenters. The zero-order valence-corrected chi connectivity index (χ0v) is 15.7. The number of nitrogens with one attached hydrogen (secondary N) is 1. The number of carbonyl (C=O) groups excluding carboxylic acids is 1. The van der Waals surface area contributed by atoms with Gasteiger partial charge in [-0.25, -0.2) is 0 Å². The van der Waals surface area contributed by atoms with Gasteiger partial charge in [0.2, 0.25) is 0 Å². The third kappa shape index (κ3) is 4.32. The van der Waals surface area contributed by atoms with Crippen molar-refractivity contribution in [1.82, 2.24) is 4.57 Å². The largest absolute Gasteiger partial charge is 0.349 e. The fourth-order valence-corrected chi connectivity index (χ4v) is 3.04. The number of aromatic nitrogens is 1. The fraction of sp³-hybridized carbons (Fsp3) is 0.300. The van der Waals surface area contributed by atoms with Crippen LogP contribution in [0.25, 0.3) is 6.08 Å². The van der Waals surface area contributed by atoms with Crippen molar-refractivity contribution in [1.29, 1.82) is 5.26 Å². The maximum absolute atomic E-state index is 12.4. The maximum Gasteiger partial charge on any atom is 0.266 e. The molecular formula is C20H22ClN3O. The first-order valence-corrected chi connectivity index (χ1v) is 8.61. The van der Waals surface area contributed by atoms with Gasteiger partial charge in [0.15, 0.2) is 0 Å². The summed E-state index contributed by atoms with van der Waals surface area (Å²) in [6.45, 7) is 8.98. The van der Waals surface area contributed by atoms with Gasteiger partial charge in [-0.2, -0.15) is 5.26 Å². The maximum atomic E-state index is 12.4. The van der Waals surface area contributed by atoms with E-state index in [1.165, 1.54) is 0 Å². The summed E-state index contributed by atoms with van der Waals surface area (Å²) >= 11 is 6.15. The molecule has 0 aliphatic heterocycles. The van der Waals surface area contributed by atoms with Crippen molar-refractivity contribution in [2.75, 3.05) is 5.32 Å². The first kappa shape index (κ1) is 18.8. The second-order valence-electron chi connectivity index (χ2n) is 6.09. The summed E-state index contributed by atoms with van der Waals surface area (Å²) < 4.78 is 2.19. The normalized spacial score (nSPS) is 11.3. The number of rotatable bonds is 5. The number of nitrogens with zero attached hydrogens (tertiary/aromatic N) is 2. The average Bonchev–Trinajstić information content (AvgIpc) is 2.83. The zero-order valence-electron chi connectivity index (χ0n) is 15.0. The van der Waals surface area contributed by atoms with Gasteiger partial charge in [-0.05, 0) is 62.6 Å². The van der Waals surface area contributed by atoms with Gasteiger partial charge in [-0.15, -0.1) is 0 Å². The minimum absolute atomic E-state index is 0.0494. The quantitative estimate of drug-likeness (QED) is 0.604. The smallest absolute Gasteiger partial charge is 0.266 e. The minimum atomic E-state index is -0.464. The number of anilines is 1. The van der Waals surface area contributed by atoms with Crippen molar-refractivity contribution in [3.05, 3.63) is 57.4 Å². The van der Waals surface area contributed by atoms with Crippen LogP contribution in [-0.4, -0.2) is 10.5 Å². The lowest BCUT2D eigenvalue weighted by atomic mass is 10.1. The van der Waals surface area contributed by atoms with E-state index >= 15 is 0 Å². The van der Waals surface area contributed by atoms with Crippen LogP contribution >= 0.6 is 11.6 Å². The molecule has 0 saturated heterocycles. The summed E-state index contributed by atoms with van der Waals surface area (Å²) in [5.74, 6) is -0.464. The van der Waals surface area contributed by atoms with Crippen molar-refractivity contribution in [3.63, 3.8) is 0 Å². The molecule has 1 amide bonds. The molecule has 0 radical (unpaired) electrons. The SMILES string of the molecule is CCCn1c(C)cc(/C=C(\C#N)C(=O)Nc2ccc(C)cc2Cl)c1C. The number of halogens is 1. The Balaban J connectivity index is 2.30. The van der Waals surface area contributed by atoms with E-state index in [2.05, 4.69) is 16.8 Å². The van der Waals surface area contributed by atoms with Crippen molar-refractivity contribution in [2.24, 2.45) is 0 Å². The number of hydrogen-bond donors (Lipinski definition) is 1. The summed E-state index contributed by atoms with van der Waals surface area (Å²) in [5.41, 5.74) is 4.59. The van der Waals surface area contributed by atoms with Crippen LogP contribution in [0.5, 0.6) is 0 Å². The van der Waals surface area contributed by atoms with E-state index in [1.807, 2.05) is 39.0 Å². The van der Waals surface area contributed by atoms with Crippen LogP contribution in [-0.2, 0) is 11.3 Å². The predicted molar refractivity (Wildman–Crippen MR) is 103 cm³/mol. The van der Waals surface area contributed by atoms with Crippen LogP contribution in [0.2, 0.25) is 5.02 Å². The summed E-state index contributed by atoms with van der Waals surface area (Å²) in [6, 6.07) is 9.34. The highest BCUT2D eigenvalue weighted by Crippen LogP contribution is 2.24. The van der Waals surface area contributed by atoms with Gasteiger partial charge in [0.25, 0.3) is 5.91 Å². The molecule has 130 valence electrons. The van der Waals surface area contributed by atoms with Crippen LogP contribution in [0.3, 0.4) is 0 Å². The summed E-state index contributed by atoms with van der Waals surface area (Å²) in [7, 11) is 0. The Morgan fingerprint density at radius 1 is 1.32 bits per heavy atom. The zero-order chi connectivity index (χ0) is 18.6. The minimum Gasteiger partial charge on any atom is -0.349 e. The second-order valence-corrected chi connectivity index (χ2v) is 6.49. The van der Waals surface area contributed by atoms with Crippen molar-refractivity contribution < 1.29 is 4.79 Å². The fourth-order valence-electron chi connectivity index (χ4n) is 2.76. The number of nitriles is 1. The van der Waals surface area contributed by atoms with Crippen molar-refractivity contribution in [2.45, 2.75) is 40.7 Å². The number of aryl methyl sites for hydroxylation is 2. The molecule has 4 nitrogen and oxygen atoms in total. The highest BCUT2D eigenvalue weighted by molar-refractivity contribution is 6.34. The molecule has 0 bridgehead atoms. The molecule has 0 atom stereocenters. The van der Waals surface area contributed by atoms with E-state index in [-0.39, 0.29) is 5.57 Å². The Morgan fingerprint density at radius 2 is 2.04 bits per heavy atom. The van der Waals surface area contributed by atoms with Crippen LogP contribution in [0.1, 0.15) is 35.9 Å². The average molecular weight is 356 g/mol. The molecule has 25 heavy (non-hydrogen) atoms. The Kier molecular flexibility index (Phi) is 6.06. The molecular weight excluding hydrogens is 334 g/mol. The molecule has 2 rings (SSSR count). The first-order chi connectivity index (χ1) is 11.9. The van der Waals surface area contributed by atoms with Crippen molar-refractivity contribution >= 4 is 29.3 Å². The second kappa shape index (κ2) is 8.04. The number of benzene rings is 1. The molecule has 0 aliphatic carbocycles. The predicted octanol–water partition coefficient (Wildman–Crippen LogP) is 5.02. The molecule has 0 saturated carbocycles. The Labute approximate surface area is 153 Å². The van der Waals surface area contributed by atoms with Crippen LogP contribution in [0.4, 0.5) is 5.69 Å². The Bertz CT molecular complexity index is 872. The van der Waals surface area contributed by atoms with Gasteiger partial charge in [-0.3, -0.25) is 4.79 Å². The monoisotopic (exact) mass is 355 g/mol. The van der Waals surface area contributed by atoms with Gasteiger partial charge in [0.05, 0.1) is 10.7 Å². The molecule has 0 spiro atoms.